The summed E-state index contributed by atoms with van der Waals surface area (Å²) < 4.78 is 32.7. The lowest BCUT2D eigenvalue weighted by molar-refractivity contribution is 0.102. The minimum atomic E-state index is -3.72. The second kappa shape index (κ2) is 8.19. The second-order valence-corrected chi connectivity index (χ2v) is 9.91. The number of hydrogen-bond acceptors (Lipinski definition) is 6. The number of amides is 1. The monoisotopic (exact) mass is 461 g/mol. The Hall–Kier alpha value is -2.72. The van der Waals surface area contributed by atoms with Crippen molar-refractivity contribution in [2.24, 2.45) is 0 Å². The van der Waals surface area contributed by atoms with Gasteiger partial charge in [-0.1, -0.05) is 29.0 Å². The summed E-state index contributed by atoms with van der Waals surface area (Å²) in [5, 5.41) is 3.65. The molecule has 0 fully saturated rings. The number of carbonyl (C=O) groups excluding carboxylic acids is 1. The molecule has 2 heterocycles. The van der Waals surface area contributed by atoms with Crippen LogP contribution in [-0.2, 0) is 16.6 Å². The number of sulfonamides is 1. The maximum absolute atomic E-state index is 12.7. The zero-order chi connectivity index (χ0) is 21.3. The minimum absolute atomic E-state index is 0.0832. The molecule has 30 heavy (non-hydrogen) atoms. The van der Waals surface area contributed by atoms with Crippen molar-refractivity contribution in [1.82, 2.24) is 9.29 Å². The topological polar surface area (TPSA) is 92.5 Å². The van der Waals surface area contributed by atoms with Crippen molar-refractivity contribution in [3.63, 3.8) is 0 Å². The van der Waals surface area contributed by atoms with E-state index in [4.69, 9.17) is 16.0 Å². The fourth-order valence-electron chi connectivity index (χ4n) is 2.80. The molecule has 1 amide bonds. The highest BCUT2D eigenvalue weighted by molar-refractivity contribution is 7.89. The van der Waals surface area contributed by atoms with Crippen molar-refractivity contribution in [3.05, 3.63) is 77.2 Å². The van der Waals surface area contributed by atoms with Crippen molar-refractivity contribution in [2.75, 3.05) is 12.4 Å². The third-order valence-corrected chi connectivity index (χ3v) is 7.43. The number of nitrogens with one attached hydrogen (secondary N) is 1. The van der Waals surface area contributed by atoms with Crippen LogP contribution in [0.4, 0.5) is 5.13 Å². The van der Waals surface area contributed by atoms with Gasteiger partial charge in [0, 0.05) is 12.6 Å². The predicted octanol–water partition coefficient (Wildman–Crippen LogP) is 4.62. The van der Waals surface area contributed by atoms with E-state index < -0.39 is 15.9 Å². The van der Waals surface area contributed by atoms with Crippen LogP contribution in [0.3, 0.4) is 0 Å². The first-order valence-corrected chi connectivity index (χ1v) is 11.4. The van der Waals surface area contributed by atoms with E-state index in [2.05, 4.69) is 10.3 Å². The number of benzene rings is 2. The smallest absolute Gasteiger partial charge is 0.257 e. The van der Waals surface area contributed by atoms with E-state index in [1.54, 1.807) is 18.2 Å². The molecule has 4 aromatic rings. The van der Waals surface area contributed by atoms with Crippen LogP contribution < -0.4 is 5.32 Å². The zero-order valence-electron chi connectivity index (χ0n) is 15.7. The average molecular weight is 462 g/mol. The Morgan fingerprint density at radius 2 is 1.93 bits per heavy atom. The van der Waals surface area contributed by atoms with Crippen LogP contribution in [0.15, 0.2) is 70.2 Å². The van der Waals surface area contributed by atoms with Gasteiger partial charge in [0.25, 0.3) is 5.91 Å². The molecule has 4 rings (SSSR count). The van der Waals surface area contributed by atoms with Crippen LogP contribution in [0.25, 0.3) is 10.2 Å². The fourth-order valence-corrected chi connectivity index (χ4v) is 5.10. The molecule has 0 atom stereocenters. The second-order valence-electron chi connectivity index (χ2n) is 6.42. The molecule has 2 aromatic heterocycles. The van der Waals surface area contributed by atoms with Crippen LogP contribution in [0.2, 0.25) is 5.02 Å². The zero-order valence-corrected chi connectivity index (χ0v) is 18.1. The van der Waals surface area contributed by atoms with Crippen LogP contribution in [-0.4, -0.2) is 30.7 Å². The molecule has 7 nitrogen and oxygen atoms in total. The van der Waals surface area contributed by atoms with Gasteiger partial charge in [0.1, 0.15) is 11.3 Å². The Labute approximate surface area is 182 Å². The van der Waals surface area contributed by atoms with E-state index in [0.29, 0.717) is 27.0 Å². The first-order valence-electron chi connectivity index (χ1n) is 8.80. The standard InChI is InChI=1S/C20H16ClN3O4S2/c1-24(12-14-4-3-11-28-14)30(26,27)15-9-7-13(8-10-15)19(25)23-20-22-18-16(21)5-2-6-17(18)29-20/h2-11H,12H2,1H3,(H,22,23,25). The summed E-state index contributed by atoms with van der Waals surface area (Å²) in [6.45, 7) is 0.109. The Morgan fingerprint density at radius 1 is 1.17 bits per heavy atom. The quantitative estimate of drug-likeness (QED) is 0.452. The summed E-state index contributed by atoms with van der Waals surface area (Å²) in [6, 6.07) is 14.5. The fraction of sp³-hybridized carbons (Fsp3) is 0.100. The summed E-state index contributed by atoms with van der Waals surface area (Å²) in [5.74, 6) is 0.145. The van der Waals surface area contributed by atoms with Gasteiger partial charge in [-0.15, -0.1) is 0 Å². The molecule has 0 aliphatic heterocycles. The number of carbonyl (C=O) groups is 1. The number of aromatic nitrogens is 1. The molecule has 0 aliphatic carbocycles. The van der Waals surface area contributed by atoms with E-state index in [1.807, 2.05) is 12.1 Å². The lowest BCUT2D eigenvalue weighted by atomic mass is 10.2. The summed E-state index contributed by atoms with van der Waals surface area (Å²) in [7, 11) is -2.25. The van der Waals surface area contributed by atoms with Crippen molar-refractivity contribution < 1.29 is 17.6 Å². The molecule has 0 bridgehead atoms. The van der Waals surface area contributed by atoms with Crippen LogP contribution in [0, 0.1) is 0 Å². The van der Waals surface area contributed by atoms with E-state index in [1.165, 1.54) is 53.2 Å². The van der Waals surface area contributed by atoms with Crippen LogP contribution in [0.5, 0.6) is 0 Å². The molecule has 0 spiro atoms. The molecule has 154 valence electrons. The Kier molecular flexibility index (Phi) is 5.61. The van der Waals surface area contributed by atoms with E-state index >= 15 is 0 Å². The largest absolute Gasteiger partial charge is 0.468 e. The van der Waals surface area contributed by atoms with Gasteiger partial charge in [-0.3, -0.25) is 10.1 Å². The minimum Gasteiger partial charge on any atom is -0.468 e. The molecular formula is C20H16ClN3O4S2. The van der Waals surface area contributed by atoms with Gasteiger partial charge >= 0.3 is 0 Å². The van der Waals surface area contributed by atoms with E-state index in [9.17, 15) is 13.2 Å². The van der Waals surface area contributed by atoms with Gasteiger partial charge in [0.15, 0.2) is 5.13 Å². The average Bonchev–Trinajstić information content (AvgIpc) is 3.38. The Bertz CT molecular complexity index is 1300. The van der Waals surface area contributed by atoms with Crippen LogP contribution >= 0.6 is 22.9 Å². The van der Waals surface area contributed by atoms with Gasteiger partial charge in [-0.05, 0) is 48.5 Å². The molecule has 0 unspecified atom stereocenters. The summed E-state index contributed by atoms with van der Waals surface area (Å²) in [5.41, 5.74) is 0.938. The molecule has 1 N–H and O–H groups in total. The summed E-state index contributed by atoms with van der Waals surface area (Å²) >= 11 is 7.43. The van der Waals surface area contributed by atoms with Gasteiger partial charge in [0.2, 0.25) is 10.0 Å². The lowest BCUT2D eigenvalue weighted by Crippen LogP contribution is -2.26. The third-order valence-electron chi connectivity index (χ3n) is 4.37. The van der Waals surface area contributed by atoms with Crippen molar-refractivity contribution in [1.29, 1.82) is 0 Å². The molecule has 0 saturated heterocycles. The molecule has 0 saturated carbocycles. The third kappa shape index (κ3) is 4.10. The highest BCUT2D eigenvalue weighted by Crippen LogP contribution is 2.31. The maximum Gasteiger partial charge on any atom is 0.257 e. The Balaban J connectivity index is 1.49. The van der Waals surface area contributed by atoms with E-state index in [-0.39, 0.29) is 11.4 Å². The number of fused-ring (bicyclic) bond motifs is 1. The number of para-hydroxylation sites is 1. The van der Waals surface area contributed by atoms with Crippen molar-refractivity contribution in [3.8, 4) is 0 Å². The first-order chi connectivity index (χ1) is 14.3. The van der Waals surface area contributed by atoms with Crippen LogP contribution in [0.1, 0.15) is 16.1 Å². The van der Waals surface area contributed by atoms with Gasteiger partial charge in [-0.25, -0.2) is 13.4 Å². The molecule has 2 aromatic carbocycles. The Morgan fingerprint density at radius 3 is 2.60 bits per heavy atom. The van der Waals surface area contributed by atoms with Gasteiger partial charge in [-0.2, -0.15) is 4.31 Å². The highest BCUT2D eigenvalue weighted by Gasteiger charge is 2.22. The number of halogens is 1. The highest BCUT2D eigenvalue weighted by atomic mass is 35.5. The van der Waals surface area contributed by atoms with Crippen molar-refractivity contribution >= 4 is 54.2 Å². The number of nitrogens with zero attached hydrogens (tertiary/aromatic N) is 2. The SMILES string of the molecule is CN(Cc1ccco1)S(=O)(=O)c1ccc(C(=O)Nc2nc3c(Cl)cccc3s2)cc1. The molecule has 0 radical (unpaired) electrons. The number of anilines is 1. The normalized spacial score (nSPS) is 11.8. The number of furan rings is 1. The van der Waals surface area contributed by atoms with Crippen molar-refractivity contribution in [2.45, 2.75) is 11.4 Å². The summed E-state index contributed by atoms with van der Waals surface area (Å²) in [4.78, 5) is 17.0. The van der Waals surface area contributed by atoms with Gasteiger partial charge in [0.05, 0.1) is 27.4 Å². The maximum atomic E-state index is 12.7. The molecule has 0 aliphatic rings. The summed E-state index contributed by atoms with van der Waals surface area (Å²) in [6.07, 6.45) is 1.49. The number of thiazole rings is 1. The first kappa shape index (κ1) is 20.5. The molecular weight excluding hydrogens is 446 g/mol. The number of rotatable bonds is 6. The lowest BCUT2D eigenvalue weighted by Gasteiger charge is -2.16. The predicted molar refractivity (Wildman–Crippen MR) is 116 cm³/mol. The molecule has 10 heteroatoms. The van der Waals surface area contributed by atoms with E-state index in [0.717, 1.165) is 4.70 Å². The van der Waals surface area contributed by atoms with Gasteiger partial charge < -0.3 is 4.42 Å². The number of hydrogen-bond donors (Lipinski definition) is 1.